The van der Waals surface area contributed by atoms with Crippen molar-refractivity contribution in [3.05, 3.63) is 53.9 Å². The summed E-state index contributed by atoms with van der Waals surface area (Å²) in [5.74, 6) is 1.50. The van der Waals surface area contributed by atoms with Gasteiger partial charge in [-0.25, -0.2) is 4.98 Å². The van der Waals surface area contributed by atoms with Crippen LogP contribution in [0.3, 0.4) is 0 Å². The number of benzene rings is 1. The van der Waals surface area contributed by atoms with Crippen molar-refractivity contribution in [1.29, 1.82) is 5.26 Å². The summed E-state index contributed by atoms with van der Waals surface area (Å²) in [6.07, 6.45) is 1.88. The fourth-order valence-corrected chi connectivity index (χ4v) is 3.95. The van der Waals surface area contributed by atoms with Crippen LogP contribution in [-0.2, 0) is 7.05 Å². The maximum Gasteiger partial charge on any atom is 0.182 e. The molecule has 32 heavy (non-hydrogen) atoms. The highest BCUT2D eigenvalue weighted by molar-refractivity contribution is 7.99. The first kappa shape index (κ1) is 23.1. The third-order valence-corrected chi connectivity index (χ3v) is 5.64. The van der Waals surface area contributed by atoms with Crippen molar-refractivity contribution in [3.8, 4) is 28.7 Å². The lowest BCUT2D eigenvalue weighted by Crippen LogP contribution is -2.01. The molecule has 3 aromatic heterocycles. The second kappa shape index (κ2) is 10.2. The van der Waals surface area contributed by atoms with Gasteiger partial charge in [0.25, 0.3) is 0 Å². The molecule has 1 aromatic carbocycles. The summed E-state index contributed by atoms with van der Waals surface area (Å²) in [6, 6.07) is 14.0. The predicted octanol–water partition coefficient (Wildman–Crippen LogP) is 5.25. The topological polar surface area (TPSA) is 97.3 Å². The number of aromatic nitrogens is 5. The summed E-state index contributed by atoms with van der Waals surface area (Å²) < 4.78 is 1.87. The van der Waals surface area contributed by atoms with E-state index < -0.39 is 0 Å². The second-order valence-corrected chi connectivity index (χ2v) is 8.39. The first-order chi connectivity index (χ1) is 15.4. The number of aryl methyl sites for hydroxylation is 2. The Labute approximate surface area is 191 Å². The molecular weight excluding hydrogens is 420 g/mol. The number of nitrogens with zero attached hydrogens (tertiary/aromatic N) is 6. The molecule has 0 aliphatic carbocycles. The van der Waals surface area contributed by atoms with Crippen LogP contribution in [-0.4, -0.2) is 36.3 Å². The van der Waals surface area contributed by atoms with Gasteiger partial charge in [-0.3, -0.25) is 9.78 Å². The molecule has 0 fully saturated rings. The molecule has 0 bridgehead atoms. The van der Waals surface area contributed by atoms with Gasteiger partial charge in [-0.1, -0.05) is 36.8 Å². The molecular formula is C24H24N6OS. The fraction of sp³-hybridized carbons (Fsp3) is 0.250. The van der Waals surface area contributed by atoms with Gasteiger partial charge in [0.15, 0.2) is 17.3 Å². The second-order valence-electron chi connectivity index (χ2n) is 7.08. The van der Waals surface area contributed by atoms with Crippen LogP contribution in [0.1, 0.15) is 36.8 Å². The normalized spacial score (nSPS) is 10.4. The van der Waals surface area contributed by atoms with E-state index in [0.717, 1.165) is 27.5 Å². The van der Waals surface area contributed by atoms with Crippen LogP contribution in [0.2, 0.25) is 0 Å². The van der Waals surface area contributed by atoms with E-state index in [9.17, 15) is 4.79 Å². The number of thioether (sulfide) groups is 1. The first-order valence-corrected chi connectivity index (χ1v) is 11.1. The molecule has 0 saturated carbocycles. The van der Waals surface area contributed by atoms with Gasteiger partial charge >= 0.3 is 0 Å². The van der Waals surface area contributed by atoms with Crippen molar-refractivity contribution < 1.29 is 4.79 Å². The zero-order valence-electron chi connectivity index (χ0n) is 18.7. The lowest BCUT2D eigenvalue weighted by molar-refractivity contribution is 0.101. The van der Waals surface area contributed by atoms with Crippen LogP contribution in [0.5, 0.6) is 0 Å². The zero-order valence-corrected chi connectivity index (χ0v) is 19.6. The van der Waals surface area contributed by atoms with E-state index in [1.165, 1.54) is 19.4 Å². The van der Waals surface area contributed by atoms with Gasteiger partial charge < -0.3 is 4.57 Å². The first-order valence-electron chi connectivity index (χ1n) is 10.1. The SMILES string of the molecule is CC#N.CCSc1cc(-c2ccc(C)cc2)cnc1-c1nc2cc(C(C)=O)nnc2n1C. The van der Waals surface area contributed by atoms with Crippen LogP contribution in [0.25, 0.3) is 33.8 Å². The number of hydrogen-bond acceptors (Lipinski definition) is 7. The Kier molecular flexibility index (Phi) is 7.33. The van der Waals surface area contributed by atoms with Gasteiger partial charge in [0.2, 0.25) is 0 Å². The molecule has 0 N–H and O–H groups in total. The number of hydrogen-bond donors (Lipinski definition) is 0. The lowest BCUT2D eigenvalue weighted by Gasteiger charge is -2.10. The Hall–Kier alpha value is -3.57. The summed E-state index contributed by atoms with van der Waals surface area (Å²) in [4.78, 5) is 22.2. The van der Waals surface area contributed by atoms with Gasteiger partial charge in [0.05, 0.1) is 6.07 Å². The number of ketones is 1. The van der Waals surface area contributed by atoms with Crippen molar-refractivity contribution in [1.82, 2.24) is 24.7 Å². The number of fused-ring (bicyclic) bond motifs is 1. The van der Waals surface area contributed by atoms with Crippen molar-refractivity contribution in [2.45, 2.75) is 32.6 Å². The van der Waals surface area contributed by atoms with Gasteiger partial charge in [-0.2, -0.15) is 5.26 Å². The minimum atomic E-state index is -0.130. The monoisotopic (exact) mass is 444 g/mol. The summed E-state index contributed by atoms with van der Waals surface area (Å²) in [6.45, 7) is 7.10. The Morgan fingerprint density at radius 2 is 1.84 bits per heavy atom. The molecule has 3 heterocycles. The molecule has 0 aliphatic rings. The van der Waals surface area contributed by atoms with Crippen molar-refractivity contribution in [3.63, 3.8) is 0 Å². The molecule has 0 unspecified atom stereocenters. The molecule has 4 aromatic rings. The summed E-state index contributed by atoms with van der Waals surface area (Å²) in [5.41, 5.74) is 5.82. The lowest BCUT2D eigenvalue weighted by atomic mass is 10.1. The highest BCUT2D eigenvalue weighted by atomic mass is 32.2. The molecule has 7 nitrogen and oxygen atoms in total. The number of carbonyl (C=O) groups excluding carboxylic acids is 1. The molecule has 4 rings (SSSR count). The van der Waals surface area contributed by atoms with Gasteiger partial charge in [0.1, 0.15) is 16.9 Å². The number of carbonyl (C=O) groups is 1. The average molecular weight is 445 g/mol. The van der Waals surface area contributed by atoms with Crippen LogP contribution in [0.15, 0.2) is 47.5 Å². The third kappa shape index (κ3) is 4.84. The fourth-order valence-electron chi connectivity index (χ4n) is 3.15. The van der Waals surface area contributed by atoms with Crippen molar-refractivity contribution in [2.75, 3.05) is 5.75 Å². The number of nitriles is 1. The third-order valence-electron chi connectivity index (χ3n) is 4.73. The van der Waals surface area contributed by atoms with Crippen molar-refractivity contribution >= 4 is 28.7 Å². The summed E-state index contributed by atoms with van der Waals surface area (Å²) >= 11 is 1.73. The highest BCUT2D eigenvalue weighted by Crippen LogP contribution is 2.33. The predicted molar refractivity (Wildman–Crippen MR) is 127 cm³/mol. The molecule has 0 atom stereocenters. The molecule has 0 radical (unpaired) electrons. The molecule has 0 aliphatic heterocycles. The van der Waals surface area contributed by atoms with E-state index >= 15 is 0 Å². The Morgan fingerprint density at radius 3 is 2.47 bits per heavy atom. The molecule has 0 saturated heterocycles. The highest BCUT2D eigenvalue weighted by Gasteiger charge is 2.18. The maximum atomic E-state index is 11.6. The number of pyridine rings is 1. The number of Topliss-reactive ketones (excluding diaryl/α,β-unsaturated/α-hetero) is 1. The Morgan fingerprint density at radius 1 is 1.16 bits per heavy atom. The van der Waals surface area contributed by atoms with Crippen LogP contribution >= 0.6 is 11.8 Å². The average Bonchev–Trinajstić information content (AvgIpc) is 3.11. The van der Waals surface area contributed by atoms with Gasteiger partial charge in [0, 0.05) is 37.6 Å². The van der Waals surface area contributed by atoms with Crippen LogP contribution < -0.4 is 0 Å². The molecule has 8 heteroatoms. The molecule has 162 valence electrons. The Bertz CT molecular complexity index is 1300. The summed E-state index contributed by atoms with van der Waals surface area (Å²) in [7, 11) is 1.89. The molecule has 0 spiro atoms. The minimum absolute atomic E-state index is 0.130. The molecule has 0 amide bonds. The smallest absolute Gasteiger partial charge is 0.182 e. The standard InChI is InChI=1S/C22H21N5OS.C2H3N/c1-5-29-19-10-16(15-8-6-13(2)7-9-15)12-23-20(19)22-24-18-11-17(14(3)28)25-26-21(18)27(22)4;1-2-3/h6-12H,5H2,1-4H3;1H3. The van der Waals surface area contributed by atoms with E-state index in [4.69, 9.17) is 15.2 Å². The van der Waals surface area contributed by atoms with E-state index in [1.807, 2.05) is 17.8 Å². The van der Waals surface area contributed by atoms with Gasteiger partial charge in [-0.15, -0.1) is 22.0 Å². The zero-order chi connectivity index (χ0) is 23.3. The van der Waals surface area contributed by atoms with E-state index in [-0.39, 0.29) is 5.78 Å². The minimum Gasteiger partial charge on any atom is -0.309 e. The van der Waals surface area contributed by atoms with Crippen molar-refractivity contribution in [2.24, 2.45) is 7.05 Å². The quantitative estimate of drug-likeness (QED) is 0.306. The van der Waals surface area contributed by atoms with Gasteiger partial charge in [-0.05, 0) is 30.4 Å². The number of imidazole rings is 1. The number of rotatable bonds is 5. The summed E-state index contributed by atoms with van der Waals surface area (Å²) in [5, 5.41) is 15.5. The largest absolute Gasteiger partial charge is 0.309 e. The van der Waals surface area contributed by atoms with E-state index in [1.54, 1.807) is 23.9 Å². The van der Waals surface area contributed by atoms with E-state index in [0.29, 0.717) is 22.7 Å². The van der Waals surface area contributed by atoms with Crippen LogP contribution in [0, 0.1) is 18.3 Å². The van der Waals surface area contributed by atoms with E-state index in [2.05, 4.69) is 54.4 Å². The maximum absolute atomic E-state index is 11.6. The Balaban J connectivity index is 0.000000913. The van der Waals surface area contributed by atoms with Crippen LogP contribution in [0.4, 0.5) is 0 Å².